The summed E-state index contributed by atoms with van der Waals surface area (Å²) in [6.45, 7) is 1.73. The third kappa shape index (κ3) is 1.19. The lowest BCUT2D eigenvalue weighted by Crippen LogP contribution is -1.91. The Labute approximate surface area is 73.7 Å². The molecule has 2 rings (SSSR count). The fourth-order valence-corrected chi connectivity index (χ4v) is 1.68. The largest absolute Gasteiger partial charge is 0.389 e. The average Bonchev–Trinajstić information content (AvgIpc) is 2.49. The Hall–Kier alpha value is -1.00. The highest BCUT2D eigenvalue weighted by atomic mass is 32.1. The van der Waals surface area contributed by atoms with Gasteiger partial charge in [0, 0.05) is 11.8 Å². The van der Waals surface area contributed by atoms with Gasteiger partial charge < -0.3 is 5.11 Å². The molecule has 3 nitrogen and oxygen atoms in total. The van der Waals surface area contributed by atoms with Crippen molar-refractivity contribution in [3.05, 3.63) is 23.3 Å². The predicted octanol–water partition coefficient (Wildman–Crippen LogP) is 1.74. The third-order valence-electron chi connectivity index (χ3n) is 1.69. The van der Waals surface area contributed by atoms with Crippen LogP contribution in [0.1, 0.15) is 18.6 Å². The SMILES string of the molecule is CC(O)c1cnc2ncsc2c1. The van der Waals surface area contributed by atoms with Crippen LogP contribution in [0.4, 0.5) is 0 Å². The quantitative estimate of drug-likeness (QED) is 0.727. The highest BCUT2D eigenvalue weighted by Crippen LogP contribution is 2.19. The van der Waals surface area contributed by atoms with Crippen molar-refractivity contribution in [2.75, 3.05) is 0 Å². The van der Waals surface area contributed by atoms with Crippen LogP contribution in [0.25, 0.3) is 10.3 Å². The zero-order valence-corrected chi connectivity index (χ0v) is 7.38. The highest BCUT2D eigenvalue weighted by Gasteiger charge is 2.03. The first-order chi connectivity index (χ1) is 5.77. The van der Waals surface area contributed by atoms with Crippen LogP contribution in [0.15, 0.2) is 17.8 Å². The molecule has 1 N–H and O–H groups in total. The molecule has 0 amide bonds. The molecule has 0 bridgehead atoms. The summed E-state index contributed by atoms with van der Waals surface area (Å²) in [5.41, 5.74) is 3.35. The Morgan fingerprint density at radius 1 is 1.50 bits per heavy atom. The van der Waals surface area contributed by atoms with Crippen LogP contribution in [-0.2, 0) is 0 Å². The monoisotopic (exact) mass is 180 g/mol. The number of aliphatic hydroxyl groups is 1. The molecule has 0 aliphatic carbocycles. The van der Waals surface area contributed by atoms with Crippen molar-refractivity contribution < 1.29 is 5.11 Å². The summed E-state index contributed by atoms with van der Waals surface area (Å²) in [5, 5.41) is 9.26. The summed E-state index contributed by atoms with van der Waals surface area (Å²) in [4.78, 5) is 8.15. The van der Waals surface area contributed by atoms with Gasteiger partial charge in [-0.3, -0.25) is 0 Å². The zero-order valence-electron chi connectivity index (χ0n) is 6.56. The standard InChI is InChI=1S/C8H8N2OS/c1-5(11)6-2-7-8(9-3-6)10-4-12-7/h2-5,11H,1H3. The van der Waals surface area contributed by atoms with E-state index < -0.39 is 6.10 Å². The molecule has 12 heavy (non-hydrogen) atoms. The molecule has 4 heteroatoms. The average molecular weight is 180 g/mol. The number of thiazole rings is 1. The van der Waals surface area contributed by atoms with Crippen molar-refractivity contribution in [3.8, 4) is 0 Å². The number of hydrogen-bond donors (Lipinski definition) is 1. The lowest BCUT2D eigenvalue weighted by molar-refractivity contribution is 0.199. The van der Waals surface area contributed by atoms with E-state index in [4.69, 9.17) is 0 Å². The van der Waals surface area contributed by atoms with Gasteiger partial charge in [-0.15, -0.1) is 11.3 Å². The molecule has 1 unspecified atom stereocenters. The van der Waals surface area contributed by atoms with Crippen LogP contribution in [0, 0.1) is 0 Å². The minimum absolute atomic E-state index is 0.455. The summed E-state index contributed by atoms with van der Waals surface area (Å²) >= 11 is 1.53. The van der Waals surface area contributed by atoms with E-state index in [1.165, 1.54) is 11.3 Å². The van der Waals surface area contributed by atoms with Gasteiger partial charge >= 0.3 is 0 Å². The molecule has 0 saturated heterocycles. The van der Waals surface area contributed by atoms with Crippen LogP contribution in [0.2, 0.25) is 0 Å². The van der Waals surface area contributed by atoms with Gasteiger partial charge in [0.15, 0.2) is 5.65 Å². The molecule has 0 spiro atoms. The molecule has 0 aromatic carbocycles. The van der Waals surface area contributed by atoms with Crippen molar-refractivity contribution in [1.82, 2.24) is 9.97 Å². The van der Waals surface area contributed by atoms with E-state index in [0.29, 0.717) is 0 Å². The lowest BCUT2D eigenvalue weighted by atomic mass is 10.2. The first-order valence-corrected chi connectivity index (χ1v) is 4.52. The fourth-order valence-electron chi connectivity index (χ4n) is 0.998. The zero-order chi connectivity index (χ0) is 8.55. The van der Waals surface area contributed by atoms with E-state index in [2.05, 4.69) is 9.97 Å². The summed E-state index contributed by atoms with van der Waals surface area (Å²) < 4.78 is 1.02. The molecule has 0 aliphatic heterocycles. The summed E-state index contributed by atoms with van der Waals surface area (Å²) in [5.74, 6) is 0. The normalized spacial score (nSPS) is 13.5. The van der Waals surface area contributed by atoms with Gasteiger partial charge in [0.2, 0.25) is 0 Å². The molecule has 0 fully saturated rings. The topological polar surface area (TPSA) is 46.0 Å². The van der Waals surface area contributed by atoms with E-state index >= 15 is 0 Å². The van der Waals surface area contributed by atoms with Gasteiger partial charge in [-0.05, 0) is 13.0 Å². The first kappa shape index (κ1) is 7.64. The van der Waals surface area contributed by atoms with Crippen molar-refractivity contribution >= 4 is 21.7 Å². The smallest absolute Gasteiger partial charge is 0.170 e. The number of rotatable bonds is 1. The number of hydrogen-bond acceptors (Lipinski definition) is 4. The minimum atomic E-state index is -0.455. The van der Waals surface area contributed by atoms with Gasteiger partial charge in [-0.25, -0.2) is 9.97 Å². The van der Waals surface area contributed by atoms with Crippen molar-refractivity contribution in [3.63, 3.8) is 0 Å². The van der Waals surface area contributed by atoms with Crippen LogP contribution in [-0.4, -0.2) is 15.1 Å². The maximum Gasteiger partial charge on any atom is 0.170 e. The second kappa shape index (κ2) is 2.80. The Kier molecular flexibility index (Phi) is 1.78. The summed E-state index contributed by atoms with van der Waals surface area (Å²) in [6, 6.07) is 1.92. The number of fused-ring (bicyclic) bond motifs is 1. The summed E-state index contributed by atoms with van der Waals surface area (Å²) in [6.07, 6.45) is 1.20. The van der Waals surface area contributed by atoms with E-state index in [1.54, 1.807) is 18.6 Å². The van der Waals surface area contributed by atoms with E-state index in [1.807, 2.05) is 6.07 Å². The van der Waals surface area contributed by atoms with Crippen LogP contribution < -0.4 is 0 Å². The van der Waals surface area contributed by atoms with Gasteiger partial charge in [0.05, 0.1) is 16.3 Å². The fraction of sp³-hybridized carbons (Fsp3) is 0.250. The molecule has 0 saturated carbocycles. The number of aliphatic hydroxyl groups excluding tert-OH is 1. The Morgan fingerprint density at radius 3 is 3.08 bits per heavy atom. The van der Waals surface area contributed by atoms with Crippen LogP contribution in [0.5, 0.6) is 0 Å². The van der Waals surface area contributed by atoms with Gasteiger partial charge in [0.25, 0.3) is 0 Å². The lowest BCUT2D eigenvalue weighted by Gasteiger charge is -2.01. The minimum Gasteiger partial charge on any atom is -0.389 e. The van der Waals surface area contributed by atoms with E-state index in [-0.39, 0.29) is 0 Å². The Balaban J connectivity index is 2.60. The third-order valence-corrected chi connectivity index (χ3v) is 2.46. The first-order valence-electron chi connectivity index (χ1n) is 3.64. The molecule has 0 aliphatic rings. The maximum atomic E-state index is 9.26. The molecule has 62 valence electrons. The molecule has 0 radical (unpaired) electrons. The maximum absolute atomic E-state index is 9.26. The van der Waals surface area contributed by atoms with E-state index in [0.717, 1.165) is 15.9 Å². The molecule has 2 heterocycles. The number of nitrogens with zero attached hydrogens (tertiary/aromatic N) is 2. The van der Waals surface area contributed by atoms with Crippen molar-refractivity contribution in [1.29, 1.82) is 0 Å². The Morgan fingerprint density at radius 2 is 2.33 bits per heavy atom. The van der Waals surface area contributed by atoms with Crippen LogP contribution >= 0.6 is 11.3 Å². The van der Waals surface area contributed by atoms with Gasteiger partial charge in [0.1, 0.15) is 0 Å². The van der Waals surface area contributed by atoms with Gasteiger partial charge in [-0.2, -0.15) is 0 Å². The number of aromatic nitrogens is 2. The molecule has 2 aromatic heterocycles. The van der Waals surface area contributed by atoms with Crippen molar-refractivity contribution in [2.45, 2.75) is 13.0 Å². The second-order valence-electron chi connectivity index (χ2n) is 2.62. The van der Waals surface area contributed by atoms with Crippen LogP contribution in [0.3, 0.4) is 0 Å². The second-order valence-corrected chi connectivity index (χ2v) is 3.51. The van der Waals surface area contributed by atoms with E-state index in [9.17, 15) is 5.11 Å². The molecular weight excluding hydrogens is 172 g/mol. The van der Waals surface area contributed by atoms with Gasteiger partial charge in [-0.1, -0.05) is 0 Å². The molecule has 2 aromatic rings. The Bertz CT molecular complexity index is 397. The molecular formula is C8H8N2OS. The highest BCUT2D eigenvalue weighted by molar-refractivity contribution is 7.16. The van der Waals surface area contributed by atoms with Crippen molar-refractivity contribution in [2.24, 2.45) is 0 Å². The number of pyridine rings is 1. The predicted molar refractivity (Wildman–Crippen MR) is 48.0 cm³/mol. The summed E-state index contributed by atoms with van der Waals surface area (Å²) in [7, 11) is 0. The molecule has 1 atom stereocenters.